The fraction of sp³-hybridized carbons (Fsp3) is 0.429. The Bertz CT molecular complexity index is 1120. The van der Waals surface area contributed by atoms with Gasteiger partial charge in [-0.05, 0) is 24.0 Å². The molecular weight excluding hydrogens is 520 g/mol. The molecule has 12 nitrogen and oxygen atoms in total. The van der Waals surface area contributed by atoms with Gasteiger partial charge in [0, 0.05) is 62.2 Å². The lowest BCUT2D eigenvalue weighted by Crippen LogP contribution is -2.77. The summed E-state index contributed by atoms with van der Waals surface area (Å²) < 4.78 is 0. The highest BCUT2D eigenvalue weighted by Gasteiger charge is 2.58. The van der Waals surface area contributed by atoms with Gasteiger partial charge in [0.15, 0.2) is 0 Å². The molecule has 0 aliphatic carbocycles. The zero-order chi connectivity index (χ0) is 28.9. The third-order valence-corrected chi connectivity index (χ3v) is 8.26. The third-order valence-electron chi connectivity index (χ3n) is 8.26. The van der Waals surface area contributed by atoms with Crippen molar-refractivity contribution >= 4 is 24.1 Å². The van der Waals surface area contributed by atoms with E-state index >= 15 is 0 Å². The lowest BCUT2D eigenvalue weighted by molar-refractivity contribution is -0.159. The maximum Gasteiger partial charge on any atom is 0.414 e. The van der Waals surface area contributed by atoms with Gasteiger partial charge in [-0.1, -0.05) is 60.7 Å². The molecule has 2 unspecified atom stereocenters. The lowest BCUT2D eigenvalue weighted by Gasteiger charge is -2.61. The molecule has 0 aromatic heterocycles. The Hall–Kier alpha value is -4.16. The van der Waals surface area contributed by atoms with E-state index in [0.29, 0.717) is 13.1 Å². The van der Waals surface area contributed by atoms with E-state index in [0.717, 1.165) is 39.0 Å². The van der Waals surface area contributed by atoms with E-state index in [1.165, 1.54) is 11.1 Å². The lowest BCUT2D eigenvalue weighted by atomic mass is 9.65. The summed E-state index contributed by atoms with van der Waals surface area (Å²) in [6, 6.07) is 20.5. The fourth-order valence-corrected chi connectivity index (χ4v) is 5.86. The van der Waals surface area contributed by atoms with Crippen LogP contribution in [0, 0.1) is 10.8 Å². The van der Waals surface area contributed by atoms with Crippen LogP contribution in [0.15, 0.2) is 60.7 Å². The smallest absolute Gasteiger partial charge is 0.414 e. The highest BCUT2D eigenvalue weighted by molar-refractivity contribution is 6.27. The fourth-order valence-electron chi connectivity index (χ4n) is 5.86. The predicted molar refractivity (Wildman–Crippen MR) is 143 cm³/mol. The summed E-state index contributed by atoms with van der Waals surface area (Å²) >= 11 is 0. The van der Waals surface area contributed by atoms with Crippen molar-refractivity contribution in [2.75, 3.05) is 39.3 Å². The second kappa shape index (κ2) is 11.9. The summed E-state index contributed by atoms with van der Waals surface area (Å²) in [5.74, 6) is -3.65. The molecule has 2 aromatic carbocycles. The summed E-state index contributed by atoms with van der Waals surface area (Å²) in [7, 11) is 0. The number of carbonyl (C=O) groups is 4. The predicted octanol–water partition coefficient (Wildman–Crippen LogP) is 1.52. The van der Waals surface area contributed by atoms with E-state index in [4.69, 9.17) is 30.0 Å². The number of likely N-dealkylation sites (tertiary alicyclic amines) is 2. The van der Waals surface area contributed by atoms with Crippen LogP contribution in [0.3, 0.4) is 0 Å². The Morgan fingerprint density at radius 1 is 0.625 bits per heavy atom. The third kappa shape index (κ3) is 6.02. The zero-order valence-electron chi connectivity index (χ0n) is 21.9. The molecule has 0 saturated carbocycles. The molecule has 2 atom stereocenters. The molecule has 2 amide bonds. The van der Waals surface area contributed by atoms with Gasteiger partial charge in [0.05, 0.1) is 0 Å². The first-order valence-electron chi connectivity index (χ1n) is 13.0. The van der Waals surface area contributed by atoms with E-state index in [-0.39, 0.29) is 22.9 Å². The molecule has 40 heavy (non-hydrogen) atoms. The van der Waals surface area contributed by atoms with E-state index in [1.54, 1.807) is 9.80 Å². The van der Waals surface area contributed by atoms with Crippen molar-refractivity contribution in [1.82, 2.24) is 20.4 Å². The van der Waals surface area contributed by atoms with Crippen molar-refractivity contribution in [2.45, 2.75) is 24.9 Å². The standard InChI is InChI=1S/2C13H16N2O2.C2H2O4/c2*16-12(17)15-9-13(7-14-8-13)11(15)6-10-4-2-1-3-5-10;3-1(4)2(5)6/h2*1-5,11,14H,6-9H2,(H,16,17);(H,3,4)(H,5,6). The second-order valence-electron chi connectivity index (χ2n) is 10.8. The average molecular weight is 555 g/mol. The van der Waals surface area contributed by atoms with Crippen molar-refractivity contribution in [3.8, 4) is 0 Å². The van der Waals surface area contributed by atoms with Crippen LogP contribution >= 0.6 is 0 Å². The minimum absolute atomic E-state index is 0.142. The van der Waals surface area contributed by atoms with Crippen LogP contribution in [0.4, 0.5) is 9.59 Å². The van der Waals surface area contributed by atoms with Crippen LogP contribution in [-0.2, 0) is 22.4 Å². The number of amides is 2. The summed E-state index contributed by atoms with van der Waals surface area (Å²) in [6.07, 6.45) is 0.0795. The maximum atomic E-state index is 11.1. The molecule has 0 bridgehead atoms. The van der Waals surface area contributed by atoms with Crippen molar-refractivity contribution < 1.29 is 39.6 Å². The first kappa shape index (κ1) is 28.8. The number of nitrogens with zero attached hydrogens (tertiary/aromatic N) is 2. The number of aliphatic carboxylic acids is 2. The van der Waals surface area contributed by atoms with E-state index in [2.05, 4.69) is 34.9 Å². The van der Waals surface area contributed by atoms with Gasteiger partial charge in [0.1, 0.15) is 0 Å². The van der Waals surface area contributed by atoms with E-state index in [9.17, 15) is 9.59 Å². The molecule has 12 heteroatoms. The Morgan fingerprint density at radius 3 is 1.18 bits per heavy atom. The number of hydrogen-bond donors (Lipinski definition) is 6. The van der Waals surface area contributed by atoms with Crippen LogP contribution < -0.4 is 10.6 Å². The van der Waals surface area contributed by atoms with Gasteiger partial charge in [-0.3, -0.25) is 0 Å². The molecule has 0 radical (unpaired) electrons. The topological polar surface area (TPSA) is 180 Å². The molecule has 6 N–H and O–H groups in total. The number of carboxylic acid groups (broad SMARTS) is 4. The van der Waals surface area contributed by atoms with Gasteiger partial charge < -0.3 is 40.9 Å². The van der Waals surface area contributed by atoms with Gasteiger partial charge >= 0.3 is 24.1 Å². The van der Waals surface area contributed by atoms with Crippen LogP contribution in [0.1, 0.15) is 11.1 Å². The average Bonchev–Trinajstić information content (AvgIpc) is 2.84. The van der Waals surface area contributed by atoms with E-state index in [1.807, 2.05) is 36.4 Å². The highest BCUT2D eigenvalue weighted by atomic mass is 16.4. The Morgan fingerprint density at radius 2 is 0.950 bits per heavy atom. The first-order valence-corrected chi connectivity index (χ1v) is 13.0. The van der Waals surface area contributed by atoms with Crippen molar-refractivity contribution in [2.24, 2.45) is 10.8 Å². The molecule has 2 aromatic rings. The SMILES string of the molecule is O=C(O)C(=O)O.O=C(O)N1CC2(CNC2)C1Cc1ccccc1.O=C(O)N1CC2(CNC2)C1Cc1ccccc1. The number of benzene rings is 2. The van der Waals surface area contributed by atoms with E-state index < -0.39 is 24.1 Å². The Balaban J connectivity index is 0.000000155. The van der Waals surface area contributed by atoms with Gasteiger partial charge in [-0.25, -0.2) is 19.2 Å². The van der Waals surface area contributed by atoms with Crippen LogP contribution in [0.5, 0.6) is 0 Å². The molecule has 4 fully saturated rings. The quantitative estimate of drug-likeness (QED) is 0.303. The molecule has 6 rings (SSSR count). The second-order valence-corrected chi connectivity index (χ2v) is 10.8. The molecule has 4 aliphatic heterocycles. The van der Waals surface area contributed by atoms with Crippen LogP contribution in [0.25, 0.3) is 0 Å². The largest absolute Gasteiger partial charge is 0.473 e. The maximum absolute atomic E-state index is 11.1. The molecule has 4 heterocycles. The number of hydrogen-bond acceptors (Lipinski definition) is 6. The zero-order valence-corrected chi connectivity index (χ0v) is 21.9. The first-order chi connectivity index (χ1) is 19.1. The molecule has 2 spiro atoms. The molecule has 4 aliphatic rings. The summed E-state index contributed by atoms with van der Waals surface area (Å²) in [4.78, 5) is 43.6. The van der Waals surface area contributed by atoms with Crippen molar-refractivity contribution in [1.29, 1.82) is 0 Å². The molecular formula is C28H34N4O8. The minimum atomic E-state index is -1.82. The van der Waals surface area contributed by atoms with Crippen LogP contribution in [-0.4, -0.2) is 106 Å². The highest BCUT2D eigenvalue weighted by Crippen LogP contribution is 2.43. The summed E-state index contributed by atoms with van der Waals surface area (Å²) in [5, 5.41) is 39.6. The van der Waals surface area contributed by atoms with Crippen molar-refractivity contribution in [3.63, 3.8) is 0 Å². The van der Waals surface area contributed by atoms with Crippen molar-refractivity contribution in [3.05, 3.63) is 71.8 Å². The van der Waals surface area contributed by atoms with Gasteiger partial charge in [-0.2, -0.15) is 0 Å². The normalized spacial score (nSPS) is 22.5. The summed E-state index contributed by atoms with van der Waals surface area (Å²) in [6.45, 7) is 5.19. The minimum Gasteiger partial charge on any atom is -0.473 e. The Labute approximate surface area is 231 Å². The molecule has 214 valence electrons. The summed E-state index contributed by atoms with van der Waals surface area (Å²) in [5.41, 5.74) is 2.84. The van der Waals surface area contributed by atoms with Crippen LogP contribution in [0.2, 0.25) is 0 Å². The number of carboxylic acids is 2. The van der Waals surface area contributed by atoms with Gasteiger partial charge in [-0.15, -0.1) is 0 Å². The monoisotopic (exact) mass is 554 g/mol. The molecule has 4 saturated heterocycles. The van der Waals surface area contributed by atoms with Gasteiger partial charge in [0.2, 0.25) is 0 Å². The number of rotatable bonds is 4. The Kier molecular flexibility index (Phi) is 8.60. The number of nitrogens with one attached hydrogen (secondary N) is 2. The van der Waals surface area contributed by atoms with Gasteiger partial charge in [0.25, 0.3) is 0 Å².